The average molecular weight is 407 g/mol. The molecule has 5 nitrogen and oxygen atoms in total. The minimum Gasteiger partial charge on any atom is -0.497 e. The van der Waals surface area contributed by atoms with E-state index < -0.39 is 17.6 Å². The first-order chi connectivity index (χ1) is 11.3. The van der Waals surface area contributed by atoms with E-state index in [1.54, 1.807) is 24.3 Å². The largest absolute Gasteiger partial charge is 0.497 e. The van der Waals surface area contributed by atoms with Crippen molar-refractivity contribution in [3.63, 3.8) is 0 Å². The van der Waals surface area contributed by atoms with Crippen molar-refractivity contribution in [3.8, 4) is 11.5 Å². The number of benzene rings is 1. The molecular weight excluding hydrogens is 393 g/mol. The van der Waals surface area contributed by atoms with Crippen molar-refractivity contribution in [2.24, 2.45) is 0 Å². The van der Waals surface area contributed by atoms with Crippen LogP contribution in [0.3, 0.4) is 0 Å². The number of hydrogen-bond acceptors (Lipinski definition) is 4. The molecular formula is C15H14BrF3N2O3. The number of hydrogen-bond donors (Lipinski definition) is 0. The summed E-state index contributed by atoms with van der Waals surface area (Å²) >= 11 is 2.79. The molecule has 0 N–H and O–H groups in total. The quantitative estimate of drug-likeness (QED) is 0.688. The molecule has 0 amide bonds. The molecule has 0 saturated carbocycles. The number of alkyl halides is 3. The van der Waals surface area contributed by atoms with Gasteiger partial charge in [-0.1, -0.05) is 0 Å². The van der Waals surface area contributed by atoms with Crippen molar-refractivity contribution < 1.29 is 22.6 Å². The van der Waals surface area contributed by atoms with Gasteiger partial charge in [-0.3, -0.25) is 4.57 Å². The van der Waals surface area contributed by atoms with E-state index in [2.05, 4.69) is 20.9 Å². The summed E-state index contributed by atoms with van der Waals surface area (Å²) in [5, 5.41) is 0. The lowest BCUT2D eigenvalue weighted by atomic mass is 10.3. The number of nitrogens with zero attached hydrogens (tertiary/aromatic N) is 2. The highest BCUT2D eigenvalue weighted by molar-refractivity contribution is 9.10. The Morgan fingerprint density at radius 2 is 1.83 bits per heavy atom. The number of ether oxygens (including phenoxy) is 2. The smallest absolute Gasteiger partial charge is 0.432 e. The van der Waals surface area contributed by atoms with Crippen molar-refractivity contribution in [2.45, 2.75) is 19.1 Å². The molecule has 24 heavy (non-hydrogen) atoms. The molecule has 0 saturated heterocycles. The van der Waals surface area contributed by atoms with Gasteiger partial charge in [0.15, 0.2) is 0 Å². The average Bonchev–Trinajstić information content (AvgIpc) is 2.53. The van der Waals surface area contributed by atoms with Crippen LogP contribution in [0.1, 0.15) is 12.1 Å². The Hall–Kier alpha value is -2.03. The lowest BCUT2D eigenvalue weighted by molar-refractivity contribution is -0.145. The summed E-state index contributed by atoms with van der Waals surface area (Å²) in [6.45, 7) is -0.00114. The third-order valence-corrected chi connectivity index (χ3v) is 3.72. The first-order valence-corrected chi connectivity index (χ1v) is 7.71. The molecule has 0 atom stereocenters. The van der Waals surface area contributed by atoms with Crippen LogP contribution in [0.2, 0.25) is 0 Å². The highest BCUT2D eigenvalue weighted by Crippen LogP contribution is 2.33. The predicted molar refractivity (Wildman–Crippen MR) is 84.3 cm³/mol. The Balaban J connectivity index is 2.02. The molecule has 0 spiro atoms. The number of aromatic nitrogens is 2. The highest BCUT2D eigenvalue weighted by Gasteiger charge is 2.37. The van der Waals surface area contributed by atoms with Crippen LogP contribution in [0.5, 0.6) is 11.5 Å². The summed E-state index contributed by atoms with van der Waals surface area (Å²) in [6, 6.07) is 6.79. The minimum absolute atomic E-state index is 0.155. The second kappa shape index (κ2) is 7.69. The molecule has 1 heterocycles. The zero-order valence-corrected chi connectivity index (χ0v) is 14.2. The summed E-state index contributed by atoms with van der Waals surface area (Å²) in [7, 11) is 1.54. The lowest BCUT2D eigenvalue weighted by Crippen LogP contribution is -2.31. The van der Waals surface area contributed by atoms with E-state index in [1.807, 2.05) is 0 Å². The van der Waals surface area contributed by atoms with Gasteiger partial charge in [0.25, 0.3) is 0 Å². The van der Waals surface area contributed by atoms with Gasteiger partial charge in [-0.05, 0) is 46.6 Å². The van der Waals surface area contributed by atoms with Crippen molar-refractivity contribution in [3.05, 3.63) is 51.1 Å². The first kappa shape index (κ1) is 18.3. The normalized spacial score (nSPS) is 11.4. The molecule has 0 radical (unpaired) electrons. The molecule has 1 aromatic heterocycles. The van der Waals surface area contributed by atoms with Gasteiger partial charge < -0.3 is 9.47 Å². The lowest BCUT2D eigenvalue weighted by Gasteiger charge is -2.16. The SMILES string of the molecule is COc1ccc(OCCCn2c(C(F)(F)F)c(Br)cnc2=O)cc1. The van der Waals surface area contributed by atoms with Crippen LogP contribution in [-0.2, 0) is 12.7 Å². The Labute approximate surface area is 144 Å². The molecule has 0 bridgehead atoms. The van der Waals surface area contributed by atoms with Crippen molar-refractivity contribution in [1.29, 1.82) is 0 Å². The van der Waals surface area contributed by atoms with Crippen LogP contribution in [-0.4, -0.2) is 23.3 Å². The van der Waals surface area contributed by atoms with Crippen LogP contribution < -0.4 is 15.2 Å². The van der Waals surface area contributed by atoms with E-state index in [1.165, 1.54) is 7.11 Å². The topological polar surface area (TPSA) is 53.4 Å². The van der Waals surface area contributed by atoms with Crippen LogP contribution >= 0.6 is 15.9 Å². The van der Waals surface area contributed by atoms with E-state index >= 15 is 0 Å². The molecule has 0 aliphatic heterocycles. The molecule has 130 valence electrons. The third-order valence-electron chi connectivity index (χ3n) is 3.14. The van der Waals surface area contributed by atoms with E-state index in [-0.39, 0.29) is 24.0 Å². The fourth-order valence-corrected chi connectivity index (χ4v) is 2.59. The minimum atomic E-state index is -4.65. The van der Waals surface area contributed by atoms with Gasteiger partial charge in [0.05, 0.1) is 18.2 Å². The van der Waals surface area contributed by atoms with Gasteiger partial charge in [-0.15, -0.1) is 0 Å². The molecule has 9 heteroatoms. The van der Waals surface area contributed by atoms with Gasteiger partial charge in [-0.25, -0.2) is 9.78 Å². The van der Waals surface area contributed by atoms with Gasteiger partial charge in [0.2, 0.25) is 0 Å². The van der Waals surface area contributed by atoms with Gasteiger partial charge in [0, 0.05) is 12.7 Å². The molecule has 0 unspecified atom stereocenters. The number of methoxy groups -OCH3 is 1. The monoisotopic (exact) mass is 406 g/mol. The molecule has 2 rings (SSSR count). The maximum atomic E-state index is 13.1. The van der Waals surface area contributed by atoms with E-state index in [4.69, 9.17) is 9.47 Å². The van der Waals surface area contributed by atoms with E-state index in [0.717, 1.165) is 6.20 Å². The molecule has 2 aromatic rings. The maximum absolute atomic E-state index is 13.1. The highest BCUT2D eigenvalue weighted by atomic mass is 79.9. The Morgan fingerprint density at radius 3 is 2.42 bits per heavy atom. The standard InChI is InChI=1S/C15H14BrF3N2O3/c1-23-10-3-5-11(6-4-10)24-8-2-7-21-13(15(17,18)19)12(16)9-20-14(21)22/h3-6,9H,2,7-8H2,1H3. The molecule has 0 fully saturated rings. The van der Waals surface area contributed by atoms with Crippen LogP contribution in [0, 0.1) is 0 Å². The summed E-state index contributed by atoms with van der Waals surface area (Å²) in [4.78, 5) is 15.1. The van der Waals surface area contributed by atoms with Gasteiger partial charge in [0.1, 0.15) is 17.2 Å². The number of rotatable bonds is 6. The van der Waals surface area contributed by atoms with Crippen molar-refractivity contribution in [2.75, 3.05) is 13.7 Å². The Morgan fingerprint density at radius 1 is 1.21 bits per heavy atom. The second-order valence-corrected chi connectivity index (χ2v) is 5.62. The number of halogens is 4. The fourth-order valence-electron chi connectivity index (χ4n) is 2.05. The first-order valence-electron chi connectivity index (χ1n) is 6.92. The molecule has 0 aliphatic carbocycles. The van der Waals surface area contributed by atoms with Crippen LogP contribution in [0.4, 0.5) is 13.2 Å². The summed E-state index contributed by atoms with van der Waals surface area (Å²) < 4.78 is 50.0. The zero-order chi connectivity index (χ0) is 17.7. The predicted octanol–water partition coefficient (Wildman–Crippen LogP) is 3.50. The summed E-state index contributed by atoms with van der Waals surface area (Å²) in [5.41, 5.74) is -2.00. The van der Waals surface area contributed by atoms with E-state index in [9.17, 15) is 18.0 Å². The second-order valence-electron chi connectivity index (χ2n) is 4.76. The van der Waals surface area contributed by atoms with Crippen molar-refractivity contribution >= 4 is 15.9 Å². The zero-order valence-electron chi connectivity index (χ0n) is 12.6. The van der Waals surface area contributed by atoms with Crippen LogP contribution in [0.15, 0.2) is 39.7 Å². The van der Waals surface area contributed by atoms with E-state index in [0.29, 0.717) is 16.1 Å². The molecule has 1 aromatic carbocycles. The van der Waals surface area contributed by atoms with Gasteiger partial charge >= 0.3 is 11.9 Å². The maximum Gasteiger partial charge on any atom is 0.432 e. The summed E-state index contributed by atoms with van der Waals surface area (Å²) in [5.74, 6) is 1.23. The van der Waals surface area contributed by atoms with Gasteiger partial charge in [-0.2, -0.15) is 13.2 Å². The molecule has 0 aliphatic rings. The fraction of sp³-hybridized carbons (Fsp3) is 0.333. The Bertz CT molecular complexity index is 745. The summed E-state index contributed by atoms with van der Waals surface area (Å²) in [6.07, 6.45) is -3.58. The Kier molecular flexibility index (Phi) is 5.87. The van der Waals surface area contributed by atoms with Crippen molar-refractivity contribution in [1.82, 2.24) is 9.55 Å². The van der Waals surface area contributed by atoms with Crippen LogP contribution in [0.25, 0.3) is 0 Å². The third kappa shape index (κ3) is 4.50.